The molecule has 286 valence electrons. The Hall–Kier alpha value is -3.95. The summed E-state index contributed by atoms with van der Waals surface area (Å²) in [5, 5.41) is 2.07. The monoisotopic (exact) mass is 771 g/mol. The normalized spacial score (nSPS) is 19.9. The summed E-state index contributed by atoms with van der Waals surface area (Å²) in [6.45, 7) is 19.8. The van der Waals surface area contributed by atoms with Gasteiger partial charge in [0, 0.05) is 23.9 Å². The predicted molar refractivity (Wildman–Crippen MR) is 216 cm³/mol. The van der Waals surface area contributed by atoms with E-state index in [1.807, 2.05) is 44.1 Å². The Morgan fingerprint density at radius 1 is 0.963 bits per heavy atom. The highest BCUT2D eigenvalue weighted by Gasteiger charge is 2.51. The number of benzene rings is 2. The Kier molecular flexibility index (Phi) is 10.1. The molecule has 2 saturated heterocycles. The highest BCUT2D eigenvalue weighted by molar-refractivity contribution is 7.98. The van der Waals surface area contributed by atoms with Crippen molar-refractivity contribution in [2.24, 2.45) is 0 Å². The van der Waals surface area contributed by atoms with Crippen LogP contribution < -0.4 is 9.64 Å². The van der Waals surface area contributed by atoms with Crippen LogP contribution in [0.5, 0.6) is 5.88 Å². The van der Waals surface area contributed by atoms with Crippen molar-refractivity contribution in [2.45, 2.75) is 127 Å². The maximum atomic E-state index is 17.4. The Bertz CT molecular complexity index is 2170. The van der Waals surface area contributed by atoms with E-state index in [0.29, 0.717) is 56.9 Å². The lowest BCUT2D eigenvalue weighted by Crippen LogP contribution is -2.62. The third kappa shape index (κ3) is 6.39. The summed E-state index contributed by atoms with van der Waals surface area (Å²) in [6.07, 6.45) is 3.80. The van der Waals surface area contributed by atoms with Gasteiger partial charge >= 0.3 is 6.09 Å². The summed E-state index contributed by atoms with van der Waals surface area (Å²) >= 11 is 1.33. The van der Waals surface area contributed by atoms with E-state index >= 15 is 8.78 Å². The van der Waals surface area contributed by atoms with Gasteiger partial charge in [-0.15, -0.1) is 5.54 Å². The smallest absolute Gasteiger partial charge is 0.410 e. The number of hydrogen-bond acceptors (Lipinski definition) is 8. The summed E-state index contributed by atoms with van der Waals surface area (Å²) in [5.41, 5.74) is 4.94. The largest absolute Gasteiger partial charge is 0.477 e. The van der Waals surface area contributed by atoms with Crippen molar-refractivity contribution >= 4 is 53.4 Å². The molecule has 0 saturated carbocycles. The number of fused-ring (bicyclic) bond motifs is 6. The Morgan fingerprint density at radius 3 is 2.35 bits per heavy atom. The number of piperazine rings is 1. The molecule has 0 spiro atoms. The van der Waals surface area contributed by atoms with E-state index < -0.39 is 25.3 Å². The van der Waals surface area contributed by atoms with Crippen LogP contribution in [-0.4, -0.2) is 77.2 Å². The van der Waals surface area contributed by atoms with Gasteiger partial charge in [0.15, 0.2) is 11.0 Å². The number of ether oxygens (including phenoxy) is 2. The molecule has 12 heteroatoms. The fourth-order valence-electron chi connectivity index (χ4n) is 9.47. The van der Waals surface area contributed by atoms with Gasteiger partial charge in [-0.1, -0.05) is 83.5 Å². The molecular formula is C42H51F2N5O3SSi. The lowest BCUT2D eigenvalue weighted by atomic mass is 9.96. The average molecular weight is 772 g/mol. The lowest BCUT2D eigenvalue weighted by Gasteiger charge is -2.48. The fourth-order valence-corrected chi connectivity index (χ4v) is 15.0. The first-order valence-corrected chi connectivity index (χ1v) is 22.6. The van der Waals surface area contributed by atoms with E-state index in [9.17, 15) is 4.79 Å². The lowest BCUT2D eigenvalue weighted by molar-refractivity contribution is 0.00637. The van der Waals surface area contributed by atoms with Crippen LogP contribution >= 0.6 is 11.8 Å². The quantitative estimate of drug-likeness (QED) is 0.0859. The van der Waals surface area contributed by atoms with Gasteiger partial charge in [0.05, 0.1) is 30.3 Å². The third-order valence-electron chi connectivity index (χ3n) is 11.7. The van der Waals surface area contributed by atoms with Crippen LogP contribution in [0.2, 0.25) is 16.6 Å². The molecule has 1 amide bonds. The maximum absolute atomic E-state index is 17.4. The number of amides is 1. The zero-order chi connectivity index (χ0) is 38.9. The Labute approximate surface area is 322 Å². The minimum atomic E-state index is -2.23. The number of rotatable bonds is 5. The molecule has 0 N–H and O–H groups in total. The second-order valence-corrected chi connectivity index (χ2v) is 23.2. The average Bonchev–Trinajstić information content (AvgIpc) is 3.43. The summed E-state index contributed by atoms with van der Waals surface area (Å²) in [5.74, 6) is 3.05. The molecule has 0 unspecified atom stereocenters. The minimum absolute atomic E-state index is 0.0282. The first-order valence-electron chi connectivity index (χ1n) is 19.2. The van der Waals surface area contributed by atoms with Gasteiger partial charge in [0.25, 0.3) is 0 Å². The molecule has 5 heterocycles. The molecule has 2 aromatic heterocycles. The number of aromatic nitrogens is 3. The predicted octanol–water partition coefficient (Wildman–Crippen LogP) is 10.2. The summed E-state index contributed by atoms with van der Waals surface area (Å²) < 4.78 is 45.7. The summed E-state index contributed by atoms with van der Waals surface area (Å²) in [4.78, 5) is 32.2. The molecule has 2 aromatic carbocycles. The first kappa shape index (κ1) is 38.3. The molecule has 0 aliphatic carbocycles. The van der Waals surface area contributed by atoms with Crippen molar-refractivity contribution in [1.29, 1.82) is 0 Å². The fraction of sp³-hybridized carbons (Fsp3) is 0.524. The van der Waals surface area contributed by atoms with Crippen LogP contribution in [0.4, 0.5) is 19.4 Å². The topological polar surface area (TPSA) is 80.7 Å². The van der Waals surface area contributed by atoms with Crippen LogP contribution in [0.15, 0.2) is 35.5 Å². The summed E-state index contributed by atoms with van der Waals surface area (Å²) in [7, 11) is -2.23. The van der Waals surface area contributed by atoms with Crippen molar-refractivity contribution < 1.29 is 23.0 Å². The molecular weight excluding hydrogens is 721 g/mol. The molecule has 8 nitrogen and oxygen atoms in total. The molecule has 2 fully saturated rings. The van der Waals surface area contributed by atoms with Gasteiger partial charge < -0.3 is 14.4 Å². The van der Waals surface area contributed by atoms with Gasteiger partial charge in [-0.05, 0) is 67.9 Å². The zero-order valence-corrected chi connectivity index (χ0v) is 34.8. The van der Waals surface area contributed by atoms with Crippen LogP contribution in [0.1, 0.15) is 87.1 Å². The van der Waals surface area contributed by atoms with E-state index in [0.717, 1.165) is 18.2 Å². The van der Waals surface area contributed by atoms with E-state index in [2.05, 4.69) is 57.9 Å². The molecule has 3 atom stereocenters. The van der Waals surface area contributed by atoms with Crippen LogP contribution in [-0.2, 0) is 4.74 Å². The highest BCUT2D eigenvalue weighted by Crippen LogP contribution is 2.46. The number of thioether (sulfide) groups is 1. The van der Waals surface area contributed by atoms with Gasteiger partial charge in [-0.25, -0.2) is 28.5 Å². The van der Waals surface area contributed by atoms with Crippen LogP contribution in [0.25, 0.3) is 32.9 Å². The minimum Gasteiger partial charge on any atom is -0.477 e. The van der Waals surface area contributed by atoms with E-state index in [4.69, 9.17) is 24.4 Å². The van der Waals surface area contributed by atoms with Crippen LogP contribution in [0.3, 0.4) is 0 Å². The second-order valence-electron chi connectivity index (χ2n) is 16.9. The number of nitrogens with zero attached hydrogens (tertiary/aromatic N) is 5. The van der Waals surface area contributed by atoms with E-state index in [1.165, 1.54) is 17.8 Å². The molecule has 2 bridgehead atoms. The number of pyridine rings is 1. The number of anilines is 1. The molecule has 7 rings (SSSR count). The van der Waals surface area contributed by atoms with E-state index in [1.54, 1.807) is 12.1 Å². The standard InChI is InChI=1S/C42H51F2N5O3SSi/c1-23(2)54(24(3)4,25(5)6)21-19-28-30(43)16-14-26-12-11-13-29(33(26)28)36-35(44)37-34-38(47-40(46-37)53-10)48-22-27-15-17-32(31(48)18-20-51-39(34)45-36)49(27)41(50)52-42(7,8)9/h11-14,16,23-25,27,31-32H,15,17-18,20,22H2,1-10H3/t27-,31-,32+/m0/s1. The Morgan fingerprint density at radius 2 is 1.69 bits per heavy atom. The SMILES string of the molecule is CSc1nc2c3c(nc(-c4cccc5ccc(F)c(C#C[Si](C(C)C)(C(C)C)C(C)C)c45)c(F)c3n1)OCC[C@H]1[C@H]3CC[C@@H](CN21)N3C(=O)OC(C)(C)C. The maximum Gasteiger partial charge on any atom is 0.410 e. The molecule has 0 radical (unpaired) electrons. The van der Waals surface area contributed by atoms with Crippen molar-refractivity contribution in [1.82, 2.24) is 19.9 Å². The molecule has 3 aliphatic heterocycles. The van der Waals surface area contributed by atoms with Crippen molar-refractivity contribution in [2.75, 3.05) is 24.3 Å². The third-order valence-corrected chi connectivity index (χ3v) is 18.6. The highest BCUT2D eigenvalue weighted by atomic mass is 32.2. The molecule has 3 aliphatic rings. The number of hydrogen-bond donors (Lipinski definition) is 0. The number of carbonyl (C=O) groups is 1. The number of halogens is 2. The van der Waals surface area contributed by atoms with E-state index in [-0.39, 0.29) is 53.5 Å². The zero-order valence-electron chi connectivity index (χ0n) is 33.0. The second kappa shape index (κ2) is 14.3. The Balaban J connectivity index is 1.41. The molecule has 54 heavy (non-hydrogen) atoms. The van der Waals surface area contributed by atoms with Gasteiger partial charge in [0.1, 0.15) is 41.9 Å². The van der Waals surface area contributed by atoms with Crippen molar-refractivity contribution in [3.05, 3.63) is 47.5 Å². The summed E-state index contributed by atoms with van der Waals surface area (Å²) in [6, 6.07) is 8.34. The number of carbonyl (C=O) groups excluding carboxylic acids is 1. The van der Waals surface area contributed by atoms with Crippen molar-refractivity contribution in [3.63, 3.8) is 0 Å². The van der Waals surface area contributed by atoms with Gasteiger partial charge in [0.2, 0.25) is 5.88 Å². The first-order chi connectivity index (χ1) is 25.6. The molecule has 4 aromatic rings. The van der Waals surface area contributed by atoms with Gasteiger partial charge in [-0.3, -0.25) is 4.90 Å². The van der Waals surface area contributed by atoms with Crippen molar-refractivity contribution in [3.8, 4) is 28.6 Å². The van der Waals surface area contributed by atoms with Gasteiger partial charge in [-0.2, -0.15) is 0 Å². The van der Waals surface area contributed by atoms with Crippen LogP contribution in [0, 0.1) is 23.1 Å².